The summed E-state index contributed by atoms with van der Waals surface area (Å²) in [5, 5.41) is 6.10. The van der Waals surface area contributed by atoms with E-state index in [2.05, 4.69) is 27.7 Å². The lowest BCUT2D eigenvalue weighted by molar-refractivity contribution is -0.123. The van der Waals surface area contributed by atoms with Crippen LogP contribution in [0.25, 0.3) is 0 Å². The summed E-state index contributed by atoms with van der Waals surface area (Å²) in [6.45, 7) is 3.80. The summed E-state index contributed by atoms with van der Waals surface area (Å²) in [5.41, 5.74) is 1.19. The monoisotopic (exact) mass is 417 g/mol. The molecule has 0 spiro atoms. The number of alkyl halides is 3. The zero-order valence-electron chi connectivity index (χ0n) is 14.8. The predicted molar refractivity (Wildman–Crippen MR) is 108 cm³/mol. The van der Waals surface area contributed by atoms with E-state index in [9.17, 15) is 4.79 Å². The lowest BCUT2D eigenvalue weighted by atomic mass is 10.1. The van der Waals surface area contributed by atoms with Crippen molar-refractivity contribution in [2.45, 2.75) is 41.6 Å². The summed E-state index contributed by atoms with van der Waals surface area (Å²) in [6, 6.07) is 10.1. The summed E-state index contributed by atoms with van der Waals surface area (Å²) in [7, 11) is 0. The van der Waals surface area contributed by atoms with Crippen LogP contribution in [0, 0.1) is 5.92 Å². The molecule has 7 heteroatoms. The largest absolute Gasteiger partial charge is 0.336 e. The smallest absolute Gasteiger partial charge is 0.225 e. The molecular weight excluding hydrogens is 393 g/mol. The van der Waals surface area contributed by atoms with Crippen molar-refractivity contribution in [3.05, 3.63) is 35.9 Å². The fourth-order valence-electron chi connectivity index (χ4n) is 3.60. The van der Waals surface area contributed by atoms with Crippen LogP contribution in [0.15, 0.2) is 30.3 Å². The van der Waals surface area contributed by atoms with Crippen LogP contribution in [0.5, 0.6) is 0 Å². The number of hydrogen-bond acceptors (Lipinski definition) is 3. The summed E-state index contributed by atoms with van der Waals surface area (Å²) in [5.74, 6) is 0.164. The minimum absolute atomic E-state index is 0.0452. The Bertz CT molecular complexity index is 587. The second-order valence-corrected chi connectivity index (χ2v) is 9.57. The van der Waals surface area contributed by atoms with E-state index in [4.69, 9.17) is 34.8 Å². The SMILES string of the molecule is O=C(N[C@H](NCCN1CCCCC1)C(Cl)(Cl)Cl)[C@H]1C[C@H]1c1ccccc1. The first-order valence-corrected chi connectivity index (χ1v) is 10.5. The zero-order valence-corrected chi connectivity index (χ0v) is 17.0. The Morgan fingerprint density at radius 3 is 2.50 bits per heavy atom. The first kappa shape index (κ1) is 20.2. The molecular formula is C19H26Cl3N3O. The van der Waals surface area contributed by atoms with E-state index in [0.717, 1.165) is 26.1 Å². The van der Waals surface area contributed by atoms with Crippen LogP contribution in [-0.4, -0.2) is 46.9 Å². The van der Waals surface area contributed by atoms with Gasteiger partial charge >= 0.3 is 0 Å². The summed E-state index contributed by atoms with van der Waals surface area (Å²) >= 11 is 18.2. The number of carbonyl (C=O) groups excluding carboxylic acids is 1. The Morgan fingerprint density at radius 1 is 1.15 bits per heavy atom. The number of halogens is 3. The standard InChI is InChI=1S/C19H26Cl3N3O/c20-19(21,22)18(23-9-12-25-10-5-2-6-11-25)24-17(26)16-13-15(16)14-7-3-1-4-8-14/h1,3-4,7-8,15-16,18,23H,2,5-6,9-13H2,(H,24,26)/t15-,16-,18-/m0/s1. The molecule has 0 radical (unpaired) electrons. The normalized spacial score (nSPS) is 24.9. The van der Waals surface area contributed by atoms with Gasteiger partial charge in [-0.3, -0.25) is 10.1 Å². The molecule has 1 aromatic rings. The molecule has 2 aliphatic rings. The molecule has 3 rings (SSSR count). The van der Waals surface area contributed by atoms with Gasteiger partial charge in [-0.1, -0.05) is 71.6 Å². The average Bonchev–Trinajstić information content (AvgIpc) is 3.42. The highest BCUT2D eigenvalue weighted by atomic mass is 35.6. The van der Waals surface area contributed by atoms with Gasteiger partial charge in [-0.05, 0) is 43.8 Å². The lowest BCUT2D eigenvalue weighted by Gasteiger charge is -2.30. The first-order valence-electron chi connectivity index (χ1n) is 9.33. The third-order valence-corrected chi connectivity index (χ3v) is 5.85. The Hall–Kier alpha value is -0.520. The van der Waals surface area contributed by atoms with Crippen molar-refractivity contribution in [2.24, 2.45) is 5.92 Å². The van der Waals surface area contributed by atoms with E-state index < -0.39 is 9.96 Å². The molecule has 1 aromatic carbocycles. The van der Waals surface area contributed by atoms with Crippen molar-refractivity contribution in [1.82, 2.24) is 15.5 Å². The summed E-state index contributed by atoms with van der Waals surface area (Å²) < 4.78 is -1.59. The van der Waals surface area contributed by atoms with Gasteiger partial charge in [-0.2, -0.15) is 0 Å². The van der Waals surface area contributed by atoms with E-state index in [0.29, 0.717) is 6.54 Å². The van der Waals surface area contributed by atoms with E-state index in [1.807, 2.05) is 18.2 Å². The molecule has 1 aliphatic carbocycles. The summed E-state index contributed by atoms with van der Waals surface area (Å²) in [6.07, 6.45) is 3.94. The van der Waals surface area contributed by atoms with E-state index >= 15 is 0 Å². The molecule has 26 heavy (non-hydrogen) atoms. The Labute approximate surface area is 170 Å². The van der Waals surface area contributed by atoms with Crippen LogP contribution in [0.1, 0.15) is 37.2 Å². The van der Waals surface area contributed by atoms with Gasteiger partial charge in [0.15, 0.2) is 0 Å². The highest BCUT2D eigenvalue weighted by molar-refractivity contribution is 6.68. The van der Waals surface area contributed by atoms with Gasteiger partial charge < -0.3 is 10.2 Å². The number of likely N-dealkylation sites (tertiary alicyclic amines) is 1. The van der Waals surface area contributed by atoms with Gasteiger partial charge in [-0.15, -0.1) is 0 Å². The van der Waals surface area contributed by atoms with Crippen molar-refractivity contribution in [3.63, 3.8) is 0 Å². The number of nitrogens with zero attached hydrogens (tertiary/aromatic N) is 1. The van der Waals surface area contributed by atoms with E-state index in [1.165, 1.54) is 24.8 Å². The zero-order chi connectivity index (χ0) is 18.6. The third kappa shape index (κ3) is 5.74. The maximum atomic E-state index is 12.6. The number of amides is 1. The summed E-state index contributed by atoms with van der Waals surface area (Å²) in [4.78, 5) is 15.0. The minimum atomic E-state index is -1.59. The number of carbonyl (C=O) groups is 1. The number of nitrogens with one attached hydrogen (secondary N) is 2. The van der Waals surface area contributed by atoms with Crippen LogP contribution < -0.4 is 10.6 Å². The molecule has 1 saturated heterocycles. The number of piperidine rings is 1. The molecule has 2 fully saturated rings. The number of benzene rings is 1. The maximum Gasteiger partial charge on any atom is 0.225 e. The molecule has 2 N–H and O–H groups in total. The van der Waals surface area contributed by atoms with Crippen LogP contribution in [0.3, 0.4) is 0 Å². The van der Waals surface area contributed by atoms with Gasteiger partial charge in [0.05, 0.1) is 0 Å². The van der Waals surface area contributed by atoms with E-state index in [-0.39, 0.29) is 17.7 Å². The third-order valence-electron chi connectivity index (χ3n) is 5.19. The fourth-order valence-corrected chi connectivity index (χ4v) is 4.00. The van der Waals surface area contributed by atoms with Crippen molar-refractivity contribution in [1.29, 1.82) is 0 Å². The van der Waals surface area contributed by atoms with Gasteiger partial charge in [0, 0.05) is 19.0 Å². The minimum Gasteiger partial charge on any atom is -0.336 e. The van der Waals surface area contributed by atoms with Crippen molar-refractivity contribution < 1.29 is 4.79 Å². The maximum absolute atomic E-state index is 12.6. The topological polar surface area (TPSA) is 44.4 Å². The van der Waals surface area contributed by atoms with Gasteiger partial charge in [0.2, 0.25) is 9.70 Å². The van der Waals surface area contributed by atoms with Gasteiger partial charge in [0.25, 0.3) is 0 Å². The van der Waals surface area contributed by atoms with Crippen molar-refractivity contribution >= 4 is 40.7 Å². The number of rotatable bonds is 7. The van der Waals surface area contributed by atoms with Crippen molar-refractivity contribution in [2.75, 3.05) is 26.2 Å². The molecule has 0 aromatic heterocycles. The fraction of sp³-hybridized carbons (Fsp3) is 0.632. The Morgan fingerprint density at radius 2 is 1.85 bits per heavy atom. The van der Waals surface area contributed by atoms with Crippen LogP contribution in [-0.2, 0) is 4.79 Å². The number of hydrogen-bond donors (Lipinski definition) is 2. The second-order valence-electron chi connectivity index (χ2n) is 7.20. The van der Waals surface area contributed by atoms with Gasteiger partial charge in [0.1, 0.15) is 6.17 Å². The van der Waals surface area contributed by atoms with E-state index in [1.54, 1.807) is 0 Å². The Balaban J connectivity index is 1.48. The molecule has 144 valence electrons. The Kier molecular flexibility index (Phi) is 7.09. The van der Waals surface area contributed by atoms with Crippen LogP contribution >= 0.6 is 34.8 Å². The van der Waals surface area contributed by atoms with Gasteiger partial charge in [-0.25, -0.2) is 0 Å². The van der Waals surface area contributed by atoms with Crippen LogP contribution in [0.4, 0.5) is 0 Å². The van der Waals surface area contributed by atoms with Crippen molar-refractivity contribution in [3.8, 4) is 0 Å². The molecule has 0 unspecified atom stereocenters. The lowest BCUT2D eigenvalue weighted by Crippen LogP contribution is -2.55. The molecule has 3 atom stereocenters. The molecule has 4 nitrogen and oxygen atoms in total. The highest BCUT2D eigenvalue weighted by Crippen LogP contribution is 2.47. The predicted octanol–water partition coefficient (Wildman–Crippen LogP) is 3.68. The molecule has 1 saturated carbocycles. The van der Waals surface area contributed by atoms with Crippen LogP contribution in [0.2, 0.25) is 0 Å². The highest BCUT2D eigenvalue weighted by Gasteiger charge is 2.45. The molecule has 1 heterocycles. The molecule has 0 bridgehead atoms. The quantitative estimate of drug-likeness (QED) is 0.524. The average molecular weight is 419 g/mol. The molecule has 1 amide bonds. The molecule has 1 aliphatic heterocycles. The second kappa shape index (κ2) is 9.11. The first-order chi connectivity index (χ1) is 12.4.